The summed E-state index contributed by atoms with van der Waals surface area (Å²) in [5.41, 5.74) is 0. The molecule has 0 radical (unpaired) electrons. The average molecular weight is 244 g/mol. The Kier molecular flexibility index (Phi) is 7.54. The van der Waals surface area contributed by atoms with Crippen molar-refractivity contribution in [3.63, 3.8) is 0 Å². The van der Waals surface area contributed by atoms with Crippen LogP contribution >= 0.6 is 0 Å². The zero-order chi connectivity index (χ0) is 11.7. The van der Waals surface area contributed by atoms with Crippen molar-refractivity contribution in [2.24, 2.45) is 0 Å². The summed E-state index contributed by atoms with van der Waals surface area (Å²) in [5, 5.41) is 0.975. The third-order valence-corrected chi connectivity index (χ3v) is 4.59. The van der Waals surface area contributed by atoms with E-state index in [0.29, 0.717) is 0 Å². The summed E-state index contributed by atoms with van der Waals surface area (Å²) in [4.78, 5) is 0. The highest BCUT2D eigenvalue weighted by Crippen LogP contribution is 2.05. The Hall–Kier alpha value is -0.466. The van der Waals surface area contributed by atoms with E-state index in [4.69, 9.17) is 13.3 Å². The molecular weight excluding hydrogens is 224 g/mol. The Labute approximate surface area is 96.2 Å². The summed E-state index contributed by atoms with van der Waals surface area (Å²) in [6, 6.07) is 9.72. The maximum absolute atomic E-state index is 5.32. The van der Waals surface area contributed by atoms with Crippen molar-refractivity contribution in [3.8, 4) is 0 Å². The second kappa shape index (κ2) is 7.78. The molecular formula is C10H20O3Si2. The van der Waals surface area contributed by atoms with Crippen LogP contribution in [0.25, 0.3) is 0 Å². The van der Waals surface area contributed by atoms with Gasteiger partial charge in [0.05, 0.1) is 0 Å². The Morgan fingerprint density at radius 1 is 0.867 bits per heavy atom. The highest BCUT2D eigenvalue weighted by Gasteiger charge is 2.40. The minimum atomic E-state index is -2.59. The monoisotopic (exact) mass is 244 g/mol. The van der Waals surface area contributed by atoms with Crippen molar-refractivity contribution in [2.45, 2.75) is 6.55 Å². The largest absolute Gasteiger partial charge is 0.536 e. The zero-order valence-corrected chi connectivity index (χ0v) is 13.1. The molecule has 3 nitrogen and oxygen atoms in total. The van der Waals surface area contributed by atoms with Crippen LogP contribution in [0.3, 0.4) is 0 Å². The van der Waals surface area contributed by atoms with Gasteiger partial charge in [-0.1, -0.05) is 36.9 Å². The molecule has 0 atom stereocenters. The van der Waals surface area contributed by atoms with Crippen molar-refractivity contribution in [1.82, 2.24) is 0 Å². The third kappa shape index (κ3) is 3.55. The molecule has 1 aromatic carbocycles. The van der Waals surface area contributed by atoms with Gasteiger partial charge in [0, 0.05) is 26.5 Å². The molecule has 0 saturated heterocycles. The Morgan fingerprint density at radius 3 is 1.60 bits per heavy atom. The first-order chi connectivity index (χ1) is 7.29. The summed E-state index contributed by atoms with van der Waals surface area (Å²) >= 11 is 0. The first-order valence-corrected chi connectivity index (χ1v) is 8.72. The number of hydrogen-bond donors (Lipinski definition) is 0. The molecule has 0 aromatic heterocycles. The second-order valence-electron chi connectivity index (χ2n) is 2.53. The fraction of sp³-hybridized carbons (Fsp3) is 0.400. The van der Waals surface area contributed by atoms with Crippen molar-refractivity contribution >= 4 is 24.2 Å². The van der Waals surface area contributed by atoms with Crippen LogP contribution in [-0.2, 0) is 13.3 Å². The van der Waals surface area contributed by atoms with Crippen LogP contribution < -0.4 is 5.19 Å². The van der Waals surface area contributed by atoms with E-state index >= 15 is 0 Å². The van der Waals surface area contributed by atoms with E-state index in [1.165, 1.54) is 10.2 Å². The van der Waals surface area contributed by atoms with Gasteiger partial charge in [0.15, 0.2) is 0 Å². The number of rotatable bonds is 4. The highest BCUT2D eigenvalue weighted by atomic mass is 28.4. The Bertz CT molecular complexity index is 242. The van der Waals surface area contributed by atoms with E-state index in [0.717, 1.165) is 5.19 Å². The number of benzene rings is 1. The summed E-state index contributed by atoms with van der Waals surface area (Å²) in [6.45, 7) is 2.14. The standard InChI is InChI=1S/C9H14O3Si.CH6Si/c1-10-13(11-2,12-3)9-7-5-4-6-8-9;1-2/h4-8H,1-3H3;1-2H3. The summed E-state index contributed by atoms with van der Waals surface area (Å²) in [7, 11) is 3.52. The summed E-state index contributed by atoms with van der Waals surface area (Å²) < 4.78 is 16.0. The predicted octanol–water partition coefficient (Wildman–Crippen LogP) is 0.172. The first-order valence-electron chi connectivity index (χ1n) is 5.00. The van der Waals surface area contributed by atoms with Gasteiger partial charge in [0.25, 0.3) is 0 Å². The average Bonchev–Trinajstić information content (AvgIpc) is 2.36. The van der Waals surface area contributed by atoms with Crippen LogP contribution in [0.4, 0.5) is 0 Å². The Balaban J connectivity index is 0.000000921. The molecule has 0 fully saturated rings. The fourth-order valence-electron chi connectivity index (χ4n) is 1.25. The highest BCUT2D eigenvalue weighted by molar-refractivity contribution is 6.75. The smallest absolute Gasteiger partial charge is 0.373 e. The van der Waals surface area contributed by atoms with Gasteiger partial charge in [0.1, 0.15) is 0 Å². The molecule has 1 aromatic rings. The minimum absolute atomic E-state index is 0.975. The predicted molar refractivity (Wildman–Crippen MR) is 68.7 cm³/mol. The quantitative estimate of drug-likeness (QED) is 0.707. The van der Waals surface area contributed by atoms with Crippen LogP contribution in [0.15, 0.2) is 30.3 Å². The Morgan fingerprint density at radius 2 is 1.27 bits per heavy atom. The summed E-state index contributed by atoms with van der Waals surface area (Å²) in [5.74, 6) is 0. The molecule has 0 aliphatic rings. The second-order valence-corrected chi connectivity index (χ2v) is 5.45. The minimum Gasteiger partial charge on any atom is -0.373 e. The van der Waals surface area contributed by atoms with Gasteiger partial charge in [-0.3, -0.25) is 0 Å². The lowest BCUT2D eigenvalue weighted by Crippen LogP contribution is -2.54. The molecule has 0 saturated carbocycles. The van der Waals surface area contributed by atoms with Gasteiger partial charge in [0.2, 0.25) is 0 Å². The van der Waals surface area contributed by atoms with Gasteiger partial charge in [-0.05, 0) is 10.2 Å². The van der Waals surface area contributed by atoms with Crippen LogP contribution in [-0.4, -0.2) is 40.4 Å². The maximum Gasteiger partial charge on any atom is 0.536 e. The molecule has 5 heteroatoms. The van der Waals surface area contributed by atoms with E-state index in [-0.39, 0.29) is 0 Å². The van der Waals surface area contributed by atoms with Crippen molar-refractivity contribution < 1.29 is 13.3 Å². The van der Waals surface area contributed by atoms with Gasteiger partial charge < -0.3 is 13.3 Å². The molecule has 0 heterocycles. The van der Waals surface area contributed by atoms with Gasteiger partial charge in [-0.25, -0.2) is 0 Å². The fourth-order valence-corrected chi connectivity index (χ4v) is 3.05. The molecule has 1 rings (SSSR count). The maximum atomic E-state index is 5.32. The van der Waals surface area contributed by atoms with E-state index in [1.807, 2.05) is 30.3 Å². The lowest BCUT2D eigenvalue weighted by Gasteiger charge is -2.24. The van der Waals surface area contributed by atoms with Crippen molar-refractivity contribution in [2.75, 3.05) is 21.3 Å². The van der Waals surface area contributed by atoms with Crippen LogP contribution in [0.1, 0.15) is 0 Å². The molecule has 0 N–H and O–H groups in total. The third-order valence-electron chi connectivity index (χ3n) is 1.93. The molecule has 15 heavy (non-hydrogen) atoms. The molecule has 0 unspecified atom stereocenters. The van der Waals surface area contributed by atoms with E-state index < -0.39 is 8.80 Å². The SMILES string of the molecule is CO[Si](OC)(OC)c1ccccc1.C[SiH3]. The van der Waals surface area contributed by atoms with Gasteiger partial charge in [-0.15, -0.1) is 0 Å². The van der Waals surface area contributed by atoms with Crippen LogP contribution in [0, 0.1) is 0 Å². The van der Waals surface area contributed by atoms with Crippen molar-refractivity contribution in [3.05, 3.63) is 30.3 Å². The molecule has 0 spiro atoms. The number of hydrogen-bond acceptors (Lipinski definition) is 3. The van der Waals surface area contributed by atoms with Gasteiger partial charge >= 0.3 is 8.80 Å². The normalized spacial score (nSPS) is 10.7. The summed E-state index contributed by atoms with van der Waals surface area (Å²) in [6.07, 6.45) is 0. The lowest BCUT2D eigenvalue weighted by molar-refractivity contribution is 0.140. The zero-order valence-electron chi connectivity index (χ0n) is 10.1. The van der Waals surface area contributed by atoms with E-state index in [9.17, 15) is 0 Å². The molecule has 0 aliphatic carbocycles. The van der Waals surface area contributed by atoms with Crippen LogP contribution in [0.2, 0.25) is 6.55 Å². The molecule has 0 amide bonds. The van der Waals surface area contributed by atoms with Crippen LogP contribution in [0.5, 0.6) is 0 Å². The van der Waals surface area contributed by atoms with E-state index in [2.05, 4.69) is 6.55 Å². The molecule has 0 aliphatic heterocycles. The lowest BCUT2D eigenvalue weighted by atomic mass is 10.4. The topological polar surface area (TPSA) is 27.7 Å². The molecule has 86 valence electrons. The first kappa shape index (κ1) is 14.5. The van der Waals surface area contributed by atoms with E-state index in [1.54, 1.807) is 21.3 Å². The van der Waals surface area contributed by atoms with Gasteiger partial charge in [-0.2, -0.15) is 0 Å². The van der Waals surface area contributed by atoms with Crippen molar-refractivity contribution in [1.29, 1.82) is 0 Å². The molecule has 0 bridgehead atoms.